The van der Waals surface area contributed by atoms with Gasteiger partial charge in [0.2, 0.25) is 0 Å². The fourth-order valence-electron chi connectivity index (χ4n) is 0.945. The molecule has 0 fully saturated rings. The molecule has 0 radical (unpaired) electrons. The van der Waals surface area contributed by atoms with Gasteiger partial charge in [0.25, 0.3) is 0 Å². The van der Waals surface area contributed by atoms with Crippen LogP contribution in [0, 0.1) is 0 Å². The monoisotopic (exact) mass is 200 g/mol. The maximum Gasteiger partial charge on any atom is 0.0273 e. The third-order valence-electron chi connectivity index (χ3n) is 1.57. The molecular weight excluding hydrogens is 184 g/mol. The largest absolute Gasteiger partial charge is 0.405 e. The van der Waals surface area contributed by atoms with Gasteiger partial charge in [-0.15, -0.1) is 0 Å². The molecular formula is C13H16N2. The minimum Gasteiger partial charge on any atom is -0.405 e. The second-order valence-corrected chi connectivity index (χ2v) is 2.52. The van der Waals surface area contributed by atoms with E-state index in [9.17, 15) is 0 Å². The van der Waals surface area contributed by atoms with E-state index in [2.05, 4.69) is 24.7 Å². The van der Waals surface area contributed by atoms with E-state index in [-0.39, 0.29) is 0 Å². The summed E-state index contributed by atoms with van der Waals surface area (Å²) < 4.78 is 0. The normalized spacial score (nSPS) is 13.3. The lowest BCUT2D eigenvalue weighted by atomic mass is 10.1. The molecule has 2 N–H and O–H groups in total. The van der Waals surface area contributed by atoms with E-state index in [1.165, 1.54) is 12.4 Å². The summed E-state index contributed by atoms with van der Waals surface area (Å²) in [5.74, 6) is 0. The molecule has 0 heterocycles. The van der Waals surface area contributed by atoms with Gasteiger partial charge in [0, 0.05) is 12.4 Å². The molecule has 0 aliphatic rings. The van der Waals surface area contributed by atoms with Gasteiger partial charge in [-0.25, -0.2) is 0 Å². The van der Waals surface area contributed by atoms with Gasteiger partial charge in [0.05, 0.1) is 0 Å². The van der Waals surface area contributed by atoms with Gasteiger partial charge >= 0.3 is 0 Å². The van der Waals surface area contributed by atoms with Gasteiger partial charge in [0.15, 0.2) is 0 Å². The summed E-state index contributed by atoms with van der Waals surface area (Å²) in [4.78, 5) is 3.87. The summed E-state index contributed by atoms with van der Waals surface area (Å²) >= 11 is 0. The topological polar surface area (TPSA) is 38.4 Å². The average molecular weight is 200 g/mol. The number of nitrogens with two attached hydrogens (primary N) is 1. The molecule has 0 aromatic rings. The molecule has 0 aliphatic heterocycles. The van der Waals surface area contributed by atoms with E-state index >= 15 is 0 Å². The second-order valence-electron chi connectivity index (χ2n) is 2.52. The molecule has 0 rings (SSSR count). The first kappa shape index (κ1) is 12.9. The highest BCUT2D eigenvalue weighted by molar-refractivity contribution is 5.75. The number of hydrogen-bond donors (Lipinski definition) is 1. The van der Waals surface area contributed by atoms with E-state index in [0.29, 0.717) is 0 Å². The molecule has 15 heavy (non-hydrogen) atoms. The maximum absolute atomic E-state index is 5.34. The minimum absolute atomic E-state index is 0.919. The molecule has 0 atom stereocenters. The van der Waals surface area contributed by atoms with Crippen LogP contribution in [0.3, 0.4) is 0 Å². The van der Waals surface area contributed by atoms with Crippen LogP contribution in [0.2, 0.25) is 0 Å². The summed E-state index contributed by atoms with van der Waals surface area (Å²) in [6.45, 7) is 10.8. The number of rotatable bonds is 6. The predicted octanol–water partition coefficient (Wildman–Crippen LogP) is 2.90. The van der Waals surface area contributed by atoms with Crippen molar-refractivity contribution < 1.29 is 0 Å². The van der Waals surface area contributed by atoms with E-state index in [4.69, 9.17) is 5.73 Å². The Morgan fingerprint density at radius 1 is 1.07 bits per heavy atom. The Balaban J connectivity index is 5.05. The highest BCUT2D eigenvalue weighted by Gasteiger charge is 1.94. The van der Waals surface area contributed by atoms with Crippen molar-refractivity contribution in [2.75, 3.05) is 0 Å². The van der Waals surface area contributed by atoms with Crippen molar-refractivity contribution >= 4 is 6.21 Å². The van der Waals surface area contributed by atoms with Gasteiger partial charge < -0.3 is 5.73 Å². The quantitative estimate of drug-likeness (QED) is 0.519. The van der Waals surface area contributed by atoms with Crippen molar-refractivity contribution in [2.24, 2.45) is 10.7 Å². The number of allylic oxidation sites excluding steroid dienone is 7. The maximum atomic E-state index is 5.34. The van der Waals surface area contributed by atoms with E-state index in [1.807, 2.05) is 12.2 Å². The van der Waals surface area contributed by atoms with Gasteiger partial charge in [-0.3, -0.25) is 4.99 Å². The summed E-state index contributed by atoms with van der Waals surface area (Å²) in [6.07, 6.45) is 13.4. The molecule has 0 aromatic carbocycles. The molecule has 0 aromatic heterocycles. The lowest BCUT2D eigenvalue weighted by molar-refractivity contribution is 1.50. The van der Waals surface area contributed by atoms with Crippen molar-refractivity contribution in [2.45, 2.75) is 0 Å². The first-order chi connectivity index (χ1) is 7.29. The highest BCUT2D eigenvalue weighted by Crippen LogP contribution is 2.11. The van der Waals surface area contributed by atoms with Crippen LogP contribution < -0.4 is 5.73 Å². The molecule has 0 bridgehead atoms. The standard InChI is InChI=1S/C13H16N2/c1-4-7-13(8-10-14)12(5-2)9-11-15-6-3/h4-11H,1-3,14H2/b10-8-,12-9+,13-7+,15-11?. The Labute approximate surface area is 91.2 Å². The summed E-state index contributed by atoms with van der Waals surface area (Å²) in [5, 5.41) is 0. The molecule has 2 heteroatoms. The van der Waals surface area contributed by atoms with Crippen LogP contribution in [0.25, 0.3) is 0 Å². The fraction of sp³-hybridized carbons (Fsp3) is 0. The molecule has 0 spiro atoms. The third kappa shape index (κ3) is 5.26. The van der Waals surface area contributed by atoms with Crippen molar-refractivity contribution in [1.82, 2.24) is 0 Å². The SMILES string of the molecule is C=C/C=C(\C=C/N)C(/C=C)=C/C=NC=C. The first-order valence-electron chi connectivity index (χ1n) is 4.48. The lowest BCUT2D eigenvalue weighted by Crippen LogP contribution is -1.86. The number of hydrogen-bond acceptors (Lipinski definition) is 2. The first-order valence-corrected chi connectivity index (χ1v) is 4.48. The summed E-state index contributed by atoms with van der Waals surface area (Å²) in [5.41, 5.74) is 7.19. The molecule has 0 saturated carbocycles. The van der Waals surface area contributed by atoms with Crippen molar-refractivity contribution in [3.05, 3.63) is 73.7 Å². The van der Waals surface area contributed by atoms with Crippen LogP contribution in [-0.4, -0.2) is 6.21 Å². The van der Waals surface area contributed by atoms with Gasteiger partial charge in [-0.2, -0.15) is 0 Å². The van der Waals surface area contributed by atoms with Crippen molar-refractivity contribution in [1.29, 1.82) is 0 Å². The summed E-state index contributed by atoms with van der Waals surface area (Å²) in [6, 6.07) is 0. The Hall–Kier alpha value is -2.09. The van der Waals surface area contributed by atoms with Crippen LogP contribution in [-0.2, 0) is 0 Å². The van der Waals surface area contributed by atoms with Gasteiger partial charge in [0.1, 0.15) is 0 Å². The zero-order valence-corrected chi connectivity index (χ0v) is 8.76. The third-order valence-corrected chi connectivity index (χ3v) is 1.57. The Kier molecular flexibility index (Phi) is 7.32. The second kappa shape index (κ2) is 8.51. The molecule has 0 amide bonds. The zero-order valence-electron chi connectivity index (χ0n) is 8.76. The van der Waals surface area contributed by atoms with Gasteiger partial charge in [-0.1, -0.05) is 38.0 Å². The molecule has 2 nitrogen and oxygen atoms in total. The molecule has 0 aliphatic carbocycles. The van der Waals surface area contributed by atoms with Crippen LogP contribution in [0.5, 0.6) is 0 Å². The predicted molar refractivity (Wildman–Crippen MR) is 68.6 cm³/mol. The zero-order chi connectivity index (χ0) is 11.5. The number of nitrogens with zero attached hydrogens (tertiary/aromatic N) is 1. The van der Waals surface area contributed by atoms with Crippen molar-refractivity contribution in [3.8, 4) is 0 Å². The molecule has 0 unspecified atom stereocenters. The molecule has 78 valence electrons. The lowest BCUT2D eigenvalue weighted by Gasteiger charge is -2.00. The Morgan fingerprint density at radius 2 is 1.80 bits per heavy atom. The Morgan fingerprint density at radius 3 is 2.27 bits per heavy atom. The fourth-order valence-corrected chi connectivity index (χ4v) is 0.945. The Bertz CT molecular complexity index is 342. The minimum atomic E-state index is 0.919. The smallest absolute Gasteiger partial charge is 0.0273 e. The molecule has 0 saturated heterocycles. The highest BCUT2D eigenvalue weighted by atomic mass is 14.6. The van der Waals surface area contributed by atoms with E-state index in [0.717, 1.165) is 11.1 Å². The average Bonchev–Trinajstić information content (AvgIpc) is 2.24. The van der Waals surface area contributed by atoms with E-state index < -0.39 is 0 Å². The van der Waals surface area contributed by atoms with Crippen LogP contribution >= 0.6 is 0 Å². The van der Waals surface area contributed by atoms with Gasteiger partial charge in [-0.05, 0) is 29.5 Å². The van der Waals surface area contributed by atoms with Crippen LogP contribution in [0.1, 0.15) is 0 Å². The van der Waals surface area contributed by atoms with Crippen molar-refractivity contribution in [3.63, 3.8) is 0 Å². The number of aliphatic imine (C=N–C) groups is 1. The van der Waals surface area contributed by atoms with Crippen LogP contribution in [0.4, 0.5) is 0 Å². The van der Waals surface area contributed by atoms with Crippen LogP contribution in [0.15, 0.2) is 78.7 Å². The van der Waals surface area contributed by atoms with E-state index in [1.54, 1.807) is 24.4 Å². The summed E-state index contributed by atoms with van der Waals surface area (Å²) in [7, 11) is 0.